The summed E-state index contributed by atoms with van der Waals surface area (Å²) >= 11 is 0. The molecule has 0 radical (unpaired) electrons. The van der Waals surface area contributed by atoms with E-state index in [-0.39, 0.29) is 24.3 Å². The number of amides is 1. The normalized spacial score (nSPS) is 19.3. The van der Waals surface area contributed by atoms with Crippen molar-refractivity contribution in [2.24, 2.45) is 0 Å². The first-order valence-electron chi connectivity index (χ1n) is 10.8. The minimum absolute atomic E-state index is 0.00722. The van der Waals surface area contributed by atoms with Gasteiger partial charge in [-0.25, -0.2) is 0 Å². The molecule has 2 aromatic rings. The molecule has 4 rings (SSSR count). The maximum Gasteiger partial charge on any atom is 0.260 e. The van der Waals surface area contributed by atoms with Crippen LogP contribution in [0.4, 0.5) is 0 Å². The Kier molecular flexibility index (Phi) is 6.18. The highest BCUT2D eigenvalue weighted by atomic mass is 16.5. The zero-order valence-corrected chi connectivity index (χ0v) is 17.8. The summed E-state index contributed by atoms with van der Waals surface area (Å²) in [5.74, 6) is 0.618. The molecule has 0 N–H and O–H groups in total. The van der Waals surface area contributed by atoms with E-state index in [2.05, 4.69) is 29.2 Å². The molecular weight excluding hydrogens is 376 g/mol. The Morgan fingerprint density at radius 1 is 1.07 bits per heavy atom. The number of carbonyl (C=O) groups excluding carboxylic acids is 2. The van der Waals surface area contributed by atoms with Crippen LogP contribution in [0.1, 0.15) is 41.3 Å². The largest absolute Gasteiger partial charge is 0.484 e. The van der Waals surface area contributed by atoms with Crippen LogP contribution in [-0.4, -0.2) is 60.3 Å². The first-order chi connectivity index (χ1) is 14.5. The summed E-state index contributed by atoms with van der Waals surface area (Å²) in [6.45, 7) is 3.58. The van der Waals surface area contributed by atoms with Gasteiger partial charge in [-0.15, -0.1) is 0 Å². The molecule has 1 heterocycles. The minimum atomic E-state index is -0.00722. The molecule has 1 unspecified atom stereocenters. The number of hydrogen-bond donors (Lipinski definition) is 0. The third-order valence-corrected chi connectivity index (χ3v) is 6.54. The van der Waals surface area contributed by atoms with E-state index in [1.807, 2.05) is 11.9 Å². The van der Waals surface area contributed by atoms with Crippen LogP contribution in [0.5, 0.6) is 5.75 Å². The van der Waals surface area contributed by atoms with Gasteiger partial charge >= 0.3 is 0 Å². The Hall–Kier alpha value is -2.66. The van der Waals surface area contributed by atoms with Crippen LogP contribution in [0.25, 0.3) is 0 Å². The van der Waals surface area contributed by atoms with Crippen molar-refractivity contribution < 1.29 is 14.3 Å². The molecule has 5 nitrogen and oxygen atoms in total. The van der Waals surface area contributed by atoms with Gasteiger partial charge < -0.3 is 9.64 Å². The number of likely N-dealkylation sites (N-methyl/N-ethyl adjacent to an activating group) is 1. The number of hydrogen-bond acceptors (Lipinski definition) is 4. The highest BCUT2D eigenvalue weighted by Gasteiger charge is 2.32. The number of carbonyl (C=O) groups is 2. The van der Waals surface area contributed by atoms with E-state index < -0.39 is 0 Å². The maximum absolute atomic E-state index is 12.7. The van der Waals surface area contributed by atoms with Gasteiger partial charge in [0.2, 0.25) is 0 Å². The Morgan fingerprint density at radius 2 is 1.73 bits per heavy atom. The van der Waals surface area contributed by atoms with Crippen molar-refractivity contribution >= 4 is 11.7 Å². The van der Waals surface area contributed by atoms with Gasteiger partial charge in [0.15, 0.2) is 12.4 Å². The quantitative estimate of drug-likeness (QED) is 0.691. The lowest BCUT2D eigenvalue weighted by Crippen LogP contribution is -2.52. The summed E-state index contributed by atoms with van der Waals surface area (Å²) in [4.78, 5) is 28.5. The zero-order chi connectivity index (χ0) is 21.1. The van der Waals surface area contributed by atoms with Gasteiger partial charge in [0.1, 0.15) is 5.75 Å². The molecule has 2 aromatic carbocycles. The van der Waals surface area contributed by atoms with Gasteiger partial charge in [-0.1, -0.05) is 24.3 Å². The number of Topliss-reactive ketones (excluding diaryl/α,β-unsaturated/α-hetero) is 1. The van der Waals surface area contributed by atoms with Crippen LogP contribution < -0.4 is 4.74 Å². The van der Waals surface area contributed by atoms with Crippen LogP contribution in [0.3, 0.4) is 0 Å². The van der Waals surface area contributed by atoms with Gasteiger partial charge in [0, 0.05) is 31.2 Å². The molecule has 158 valence electrons. The standard InChI is InChI=1S/C25H30N2O3/c1-18(28)19-9-11-24(12-10-19)30-17-25(29)26(2)22-8-5-13-27(16-22)23-14-20-6-3-4-7-21(20)15-23/h3-4,6-7,9-12,22-23H,5,8,13-17H2,1-2H3. The predicted octanol–water partition coefficient (Wildman–Crippen LogP) is 3.36. The summed E-state index contributed by atoms with van der Waals surface area (Å²) in [5.41, 5.74) is 3.58. The van der Waals surface area contributed by atoms with Crippen molar-refractivity contribution in [3.63, 3.8) is 0 Å². The van der Waals surface area contributed by atoms with Crippen molar-refractivity contribution in [2.75, 3.05) is 26.7 Å². The molecule has 30 heavy (non-hydrogen) atoms. The second-order valence-corrected chi connectivity index (χ2v) is 8.50. The van der Waals surface area contributed by atoms with Crippen molar-refractivity contribution in [3.05, 3.63) is 65.2 Å². The van der Waals surface area contributed by atoms with Crippen LogP contribution in [0, 0.1) is 0 Å². The molecule has 1 atom stereocenters. The lowest BCUT2D eigenvalue weighted by Gasteiger charge is -2.40. The molecule has 1 fully saturated rings. The summed E-state index contributed by atoms with van der Waals surface area (Å²) in [6, 6.07) is 16.4. The van der Waals surface area contributed by atoms with Gasteiger partial charge in [-0.3, -0.25) is 14.5 Å². The van der Waals surface area contributed by atoms with E-state index in [1.54, 1.807) is 24.3 Å². The van der Waals surface area contributed by atoms with E-state index in [9.17, 15) is 9.59 Å². The second kappa shape index (κ2) is 9.00. The Balaban J connectivity index is 1.30. The van der Waals surface area contributed by atoms with Crippen LogP contribution in [0.15, 0.2) is 48.5 Å². The fourth-order valence-electron chi connectivity index (χ4n) is 4.66. The number of fused-ring (bicyclic) bond motifs is 1. The monoisotopic (exact) mass is 406 g/mol. The molecular formula is C25H30N2O3. The highest BCUT2D eigenvalue weighted by molar-refractivity contribution is 5.94. The fourth-order valence-corrected chi connectivity index (χ4v) is 4.66. The summed E-state index contributed by atoms with van der Waals surface area (Å²) < 4.78 is 5.67. The summed E-state index contributed by atoms with van der Waals surface area (Å²) in [5, 5.41) is 0. The van der Waals surface area contributed by atoms with Crippen molar-refractivity contribution in [2.45, 2.75) is 44.7 Å². The molecule has 2 aliphatic rings. The Bertz CT molecular complexity index is 884. The molecule has 0 saturated carbocycles. The first kappa shape index (κ1) is 20.6. The first-order valence-corrected chi connectivity index (χ1v) is 10.8. The van der Waals surface area contributed by atoms with Gasteiger partial charge in [-0.05, 0) is 74.5 Å². The number of benzene rings is 2. The third-order valence-electron chi connectivity index (χ3n) is 6.54. The molecule has 0 aromatic heterocycles. The van der Waals surface area contributed by atoms with E-state index in [4.69, 9.17) is 4.74 Å². The smallest absolute Gasteiger partial charge is 0.260 e. The summed E-state index contributed by atoms with van der Waals surface area (Å²) in [6.07, 6.45) is 4.37. The molecule has 5 heteroatoms. The fraction of sp³-hybridized carbons (Fsp3) is 0.440. The van der Waals surface area contributed by atoms with E-state index in [0.717, 1.165) is 38.8 Å². The van der Waals surface area contributed by atoms with Gasteiger partial charge in [0.05, 0.1) is 0 Å². The average molecular weight is 407 g/mol. The SMILES string of the molecule is CC(=O)c1ccc(OCC(=O)N(C)C2CCCN(C3Cc4ccccc4C3)C2)cc1. The zero-order valence-electron chi connectivity index (χ0n) is 17.8. The number of ketones is 1. The maximum atomic E-state index is 12.7. The topological polar surface area (TPSA) is 49.9 Å². The molecule has 1 aliphatic heterocycles. The average Bonchev–Trinajstić information content (AvgIpc) is 3.22. The van der Waals surface area contributed by atoms with Crippen LogP contribution in [-0.2, 0) is 17.6 Å². The molecule has 0 bridgehead atoms. The van der Waals surface area contributed by atoms with E-state index in [0.29, 0.717) is 17.4 Å². The number of likely N-dealkylation sites (tertiary alicyclic amines) is 1. The molecule has 0 spiro atoms. The van der Waals surface area contributed by atoms with Crippen molar-refractivity contribution in [1.82, 2.24) is 9.80 Å². The van der Waals surface area contributed by atoms with E-state index >= 15 is 0 Å². The van der Waals surface area contributed by atoms with Crippen LogP contribution >= 0.6 is 0 Å². The third kappa shape index (κ3) is 4.57. The lowest BCUT2D eigenvalue weighted by atomic mass is 10.0. The minimum Gasteiger partial charge on any atom is -0.484 e. The lowest BCUT2D eigenvalue weighted by molar-refractivity contribution is -0.135. The molecule has 1 amide bonds. The number of rotatable bonds is 6. The highest BCUT2D eigenvalue weighted by Crippen LogP contribution is 2.28. The summed E-state index contributed by atoms with van der Waals surface area (Å²) in [7, 11) is 1.89. The van der Waals surface area contributed by atoms with Crippen molar-refractivity contribution in [1.29, 1.82) is 0 Å². The van der Waals surface area contributed by atoms with Crippen molar-refractivity contribution in [3.8, 4) is 5.75 Å². The number of ether oxygens (including phenoxy) is 1. The number of piperidine rings is 1. The Morgan fingerprint density at radius 3 is 2.37 bits per heavy atom. The second-order valence-electron chi connectivity index (χ2n) is 8.50. The number of nitrogens with zero attached hydrogens (tertiary/aromatic N) is 2. The van der Waals surface area contributed by atoms with Gasteiger partial charge in [0.25, 0.3) is 5.91 Å². The molecule has 1 saturated heterocycles. The predicted molar refractivity (Wildman–Crippen MR) is 117 cm³/mol. The van der Waals surface area contributed by atoms with Crippen LogP contribution in [0.2, 0.25) is 0 Å². The Labute approximate surface area is 178 Å². The van der Waals surface area contributed by atoms with E-state index in [1.165, 1.54) is 18.1 Å². The molecule has 1 aliphatic carbocycles. The van der Waals surface area contributed by atoms with Gasteiger partial charge in [-0.2, -0.15) is 0 Å².